The van der Waals surface area contributed by atoms with Crippen molar-refractivity contribution in [1.82, 2.24) is 5.32 Å². The largest absolute Gasteiger partial charge is 0.455 e. The molecule has 1 fully saturated rings. The SMILES string of the molecule is O=C(COC(=O)C1CCCCC1)NC1CCCc2ccccc21. The van der Waals surface area contributed by atoms with E-state index in [1.165, 1.54) is 17.5 Å². The Morgan fingerprint density at radius 2 is 1.83 bits per heavy atom. The fourth-order valence-electron chi connectivity index (χ4n) is 3.73. The van der Waals surface area contributed by atoms with Crippen molar-refractivity contribution in [3.8, 4) is 0 Å². The van der Waals surface area contributed by atoms with E-state index in [9.17, 15) is 9.59 Å². The van der Waals surface area contributed by atoms with Gasteiger partial charge in [0.15, 0.2) is 6.61 Å². The summed E-state index contributed by atoms with van der Waals surface area (Å²) in [5, 5.41) is 3.02. The Morgan fingerprint density at radius 3 is 2.65 bits per heavy atom. The average Bonchev–Trinajstić information content (AvgIpc) is 2.61. The van der Waals surface area contributed by atoms with E-state index in [-0.39, 0.29) is 30.4 Å². The number of hydrogen-bond donors (Lipinski definition) is 1. The molecule has 23 heavy (non-hydrogen) atoms. The molecule has 2 aliphatic carbocycles. The van der Waals surface area contributed by atoms with Crippen LogP contribution in [-0.4, -0.2) is 18.5 Å². The Morgan fingerprint density at radius 1 is 1.04 bits per heavy atom. The molecule has 0 spiro atoms. The van der Waals surface area contributed by atoms with Crippen molar-refractivity contribution in [2.75, 3.05) is 6.61 Å². The number of benzene rings is 1. The molecule has 3 rings (SSSR count). The van der Waals surface area contributed by atoms with Crippen molar-refractivity contribution in [1.29, 1.82) is 0 Å². The molecule has 0 aromatic heterocycles. The monoisotopic (exact) mass is 315 g/mol. The standard InChI is InChI=1S/C19H25NO3/c21-18(13-23-19(22)15-8-2-1-3-9-15)20-17-12-6-10-14-7-4-5-11-16(14)17/h4-5,7,11,15,17H,1-3,6,8-10,12-13H2,(H,20,21). The van der Waals surface area contributed by atoms with E-state index < -0.39 is 0 Å². The summed E-state index contributed by atoms with van der Waals surface area (Å²) in [5.74, 6) is -0.410. The molecular formula is C19H25NO3. The molecule has 2 aliphatic rings. The van der Waals surface area contributed by atoms with Crippen molar-refractivity contribution in [2.45, 2.75) is 57.4 Å². The molecule has 0 heterocycles. The highest BCUT2D eigenvalue weighted by Gasteiger charge is 2.25. The molecule has 0 bridgehead atoms. The van der Waals surface area contributed by atoms with Crippen molar-refractivity contribution in [2.24, 2.45) is 5.92 Å². The minimum Gasteiger partial charge on any atom is -0.455 e. The van der Waals surface area contributed by atoms with Gasteiger partial charge < -0.3 is 10.1 Å². The Labute approximate surface area is 137 Å². The lowest BCUT2D eigenvalue weighted by atomic mass is 9.88. The summed E-state index contributed by atoms with van der Waals surface area (Å²) in [7, 11) is 0. The predicted molar refractivity (Wildman–Crippen MR) is 87.8 cm³/mol. The molecule has 1 aromatic rings. The van der Waals surface area contributed by atoms with E-state index in [2.05, 4.69) is 17.4 Å². The van der Waals surface area contributed by atoms with E-state index >= 15 is 0 Å². The second-order valence-corrected chi connectivity index (χ2v) is 6.65. The predicted octanol–water partition coefficient (Wildman–Crippen LogP) is 3.30. The number of carbonyl (C=O) groups excluding carboxylic acids is 2. The van der Waals surface area contributed by atoms with Gasteiger partial charge in [0, 0.05) is 0 Å². The number of nitrogens with one attached hydrogen (secondary N) is 1. The van der Waals surface area contributed by atoms with Crippen molar-refractivity contribution in [3.63, 3.8) is 0 Å². The van der Waals surface area contributed by atoms with Gasteiger partial charge in [0.1, 0.15) is 0 Å². The zero-order valence-corrected chi connectivity index (χ0v) is 13.6. The summed E-state index contributed by atoms with van der Waals surface area (Å²) >= 11 is 0. The molecule has 1 unspecified atom stereocenters. The average molecular weight is 315 g/mol. The Hall–Kier alpha value is -1.84. The van der Waals surface area contributed by atoms with Gasteiger partial charge >= 0.3 is 5.97 Å². The van der Waals surface area contributed by atoms with Gasteiger partial charge in [0.2, 0.25) is 0 Å². The molecule has 0 saturated heterocycles. The molecule has 0 radical (unpaired) electrons. The second-order valence-electron chi connectivity index (χ2n) is 6.65. The Bertz CT molecular complexity index is 563. The number of esters is 1. The number of fused-ring (bicyclic) bond motifs is 1. The third kappa shape index (κ3) is 4.12. The van der Waals surface area contributed by atoms with Gasteiger partial charge in [-0.2, -0.15) is 0 Å². The summed E-state index contributed by atoms with van der Waals surface area (Å²) in [6.45, 7) is -0.159. The van der Waals surface area contributed by atoms with Gasteiger partial charge in [-0.05, 0) is 43.2 Å². The first-order valence-electron chi connectivity index (χ1n) is 8.78. The zero-order chi connectivity index (χ0) is 16.1. The van der Waals surface area contributed by atoms with Crippen LogP contribution in [0.4, 0.5) is 0 Å². The summed E-state index contributed by atoms with van der Waals surface area (Å²) in [5.41, 5.74) is 2.51. The molecule has 4 heteroatoms. The van der Waals surface area contributed by atoms with Crippen molar-refractivity contribution < 1.29 is 14.3 Å². The van der Waals surface area contributed by atoms with E-state index in [1.807, 2.05) is 12.1 Å². The number of aryl methyl sites for hydroxylation is 1. The fraction of sp³-hybridized carbons (Fsp3) is 0.579. The molecule has 124 valence electrons. The van der Waals surface area contributed by atoms with Crippen LogP contribution in [0.25, 0.3) is 0 Å². The molecule has 1 aromatic carbocycles. The van der Waals surface area contributed by atoms with Crippen LogP contribution in [-0.2, 0) is 20.7 Å². The van der Waals surface area contributed by atoms with Gasteiger partial charge in [-0.3, -0.25) is 9.59 Å². The Kier molecular flexibility index (Phi) is 5.31. The highest BCUT2D eigenvalue weighted by atomic mass is 16.5. The van der Waals surface area contributed by atoms with Gasteiger partial charge in [-0.15, -0.1) is 0 Å². The van der Waals surface area contributed by atoms with Crippen LogP contribution in [0.3, 0.4) is 0 Å². The van der Waals surface area contributed by atoms with E-state index in [1.54, 1.807) is 0 Å². The summed E-state index contributed by atoms with van der Waals surface area (Å²) in [6.07, 6.45) is 8.26. The maximum Gasteiger partial charge on any atom is 0.309 e. The van der Waals surface area contributed by atoms with E-state index in [0.29, 0.717) is 0 Å². The van der Waals surface area contributed by atoms with E-state index in [4.69, 9.17) is 4.74 Å². The van der Waals surface area contributed by atoms with Crippen LogP contribution in [0.5, 0.6) is 0 Å². The maximum absolute atomic E-state index is 12.1. The second kappa shape index (κ2) is 7.62. The maximum atomic E-state index is 12.1. The summed E-state index contributed by atoms with van der Waals surface area (Å²) < 4.78 is 5.22. The molecule has 1 amide bonds. The molecule has 1 N–H and O–H groups in total. The summed E-state index contributed by atoms with van der Waals surface area (Å²) in [4.78, 5) is 24.1. The molecule has 0 aliphatic heterocycles. The molecule has 1 saturated carbocycles. The molecule has 4 nitrogen and oxygen atoms in total. The fourth-order valence-corrected chi connectivity index (χ4v) is 3.73. The lowest BCUT2D eigenvalue weighted by Crippen LogP contribution is -2.35. The third-order valence-corrected chi connectivity index (χ3v) is 4.99. The summed E-state index contributed by atoms with van der Waals surface area (Å²) in [6, 6.07) is 8.28. The van der Waals surface area contributed by atoms with Gasteiger partial charge in [-0.1, -0.05) is 43.5 Å². The number of ether oxygens (including phenoxy) is 1. The van der Waals surface area contributed by atoms with Crippen LogP contribution in [0, 0.1) is 5.92 Å². The highest BCUT2D eigenvalue weighted by Crippen LogP contribution is 2.29. The first kappa shape index (κ1) is 16.0. The smallest absolute Gasteiger partial charge is 0.309 e. The van der Waals surface area contributed by atoms with Crippen LogP contribution < -0.4 is 5.32 Å². The van der Waals surface area contributed by atoms with Crippen LogP contribution >= 0.6 is 0 Å². The minimum absolute atomic E-state index is 0.00745. The van der Waals surface area contributed by atoms with Gasteiger partial charge in [0.25, 0.3) is 5.91 Å². The topological polar surface area (TPSA) is 55.4 Å². The van der Waals surface area contributed by atoms with Crippen LogP contribution in [0.15, 0.2) is 24.3 Å². The third-order valence-electron chi connectivity index (χ3n) is 4.99. The number of hydrogen-bond acceptors (Lipinski definition) is 3. The lowest BCUT2D eigenvalue weighted by Gasteiger charge is -2.26. The number of amides is 1. The van der Waals surface area contributed by atoms with Crippen LogP contribution in [0.2, 0.25) is 0 Å². The highest BCUT2D eigenvalue weighted by molar-refractivity contribution is 5.81. The van der Waals surface area contributed by atoms with E-state index in [0.717, 1.165) is 44.9 Å². The number of carbonyl (C=O) groups is 2. The first-order valence-corrected chi connectivity index (χ1v) is 8.78. The van der Waals surface area contributed by atoms with Gasteiger partial charge in [-0.25, -0.2) is 0 Å². The molecule has 1 atom stereocenters. The Balaban J connectivity index is 1.49. The molecular weight excluding hydrogens is 290 g/mol. The lowest BCUT2D eigenvalue weighted by molar-refractivity contribution is -0.153. The zero-order valence-electron chi connectivity index (χ0n) is 13.6. The quantitative estimate of drug-likeness (QED) is 0.867. The normalized spacial score (nSPS) is 21.3. The van der Waals surface area contributed by atoms with Crippen molar-refractivity contribution in [3.05, 3.63) is 35.4 Å². The number of rotatable bonds is 4. The van der Waals surface area contributed by atoms with Crippen LogP contribution in [0.1, 0.15) is 62.1 Å². The van der Waals surface area contributed by atoms with Gasteiger partial charge in [0.05, 0.1) is 12.0 Å². The minimum atomic E-state index is -0.205. The van der Waals surface area contributed by atoms with Crippen molar-refractivity contribution >= 4 is 11.9 Å². The first-order chi connectivity index (χ1) is 11.2.